The van der Waals surface area contributed by atoms with Gasteiger partial charge in [-0.1, -0.05) is 6.07 Å². The first-order chi connectivity index (χ1) is 10.4. The molecule has 0 aromatic heterocycles. The first-order valence-electron chi connectivity index (χ1n) is 7.17. The van der Waals surface area contributed by atoms with Gasteiger partial charge in [-0.2, -0.15) is 0 Å². The van der Waals surface area contributed by atoms with Crippen LogP contribution in [0.15, 0.2) is 18.2 Å². The Hall–Kier alpha value is -2.18. The third kappa shape index (κ3) is 2.40. The van der Waals surface area contributed by atoms with Gasteiger partial charge in [0, 0.05) is 19.1 Å². The molecular formula is C15H16F2N2O3. The number of nitrogens with one attached hydrogen (secondary N) is 1. The maximum absolute atomic E-state index is 13.8. The van der Waals surface area contributed by atoms with E-state index in [1.807, 2.05) is 0 Å². The van der Waals surface area contributed by atoms with E-state index in [9.17, 15) is 18.4 Å². The standard InChI is InChI=1S/C15H16F2N2O3/c16-10-2-1-3-11(17)12(10)19-7-4-9(8-19)18-13(20)15(5-6-15)14(21)22/h1-3,9H,4-8H2,(H,18,20)(H,21,22)/t9-/m1/s1. The lowest BCUT2D eigenvalue weighted by molar-refractivity contribution is -0.149. The predicted molar refractivity (Wildman–Crippen MR) is 74.4 cm³/mol. The molecule has 5 nitrogen and oxygen atoms in total. The number of carbonyl (C=O) groups excluding carboxylic acids is 1. The molecule has 0 unspecified atom stereocenters. The minimum Gasteiger partial charge on any atom is -0.480 e. The molecule has 1 aromatic carbocycles. The Morgan fingerprint density at radius 1 is 1.27 bits per heavy atom. The zero-order valence-electron chi connectivity index (χ0n) is 11.8. The number of para-hydroxylation sites is 1. The van der Waals surface area contributed by atoms with Gasteiger partial charge in [-0.3, -0.25) is 9.59 Å². The van der Waals surface area contributed by atoms with E-state index in [-0.39, 0.29) is 18.3 Å². The average molecular weight is 310 g/mol. The second-order valence-corrected chi connectivity index (χ2v) is 5.86. The number of benzene rings is 1. The van der Waals surface area contributed by atoms with Gasteiger partial charge in [0.05, 0.1) is 0 Å². The Labute approximate surface area is 125 Å². The molecule has 1 aliphatic heterocycles. The summed E-state index contributed by atoms with van der Waals surface area (Å²) in [6, 6.07) is 3.37. The van der Waals surface area contributed by atoms with Crippen molar-refractivity contribution in [1.29, 1.82) is 0 Å². The first-order valence-corrected chi connectivity index (χ1v) is 7.17. The van der Waals surface area contributed by atoms with Crippen molar-refractivity contribution in [3.63, 3.8) is 0 Å². The summed E-state index contributed by atoms with van der Waals surface area (Å²) < 4.78 is 27.5. The molecule has 7 heteroatoms. The molecule has 1 atom stereocenters. The van der Waals surface area contributed by atoms with Crippen LogP contribution in [-0.4, -0.2) is 36.1 Å². The summed E-state index contributed by atoms with van der Waals surface area (Å²) >= 11 is 0. The van der Waals surface area contributed by atoms with Crippen molar-refractivity contribution in [2.45, 2.75) is 25.3 Å². The molecule has 22 heavy (non-hydrogen) atoms. The van der Waals surface area contributed by atoms with Gasteiger partial charge < -0.3 is 15.3 Å². The Morgan fingerprint density at radius 2 is 1.91 bits per heavy atom. The SMILES string of the molecule is O=C(O)C1(C(=O)N[C@@H]2CCN(c3c(F)cccc3F)C2)CC1. The van der Waals surface area contributed by atoms with E-state index in [0.717, 1.165) is 0 Å². The molecule has 1 saturated heterocycles. The first kappa shape index (κ1) is 14.7. The van der Waals surface area contributed by atoms with Gasteiger partial charge in [0.25, 0.3) is 0 Å². The summed E-state index contributed by atoms with van der Waals surface area (Å²) in [6.45, 7) is 0.669. The molecule has 0 radical (unpaired) electrons. The summed E-state index contributed by atoms with van der Waals surface area (Å²) in [7, 11) is 0. The van der Waals surface area contributed by atoms with Crippen LogP contribution in [0.25, 0.3) is 0 Å². The number of halogens is 2. The average Bonchev–Trinajstić information content (AvgIpc) is 3.16. The zero-order valence-corrected chi connectivity index (χ0v) is 11.8. The number of carboxylic acids is 1. The predicted octanol–water partition coefficient (Wildman–Crippen LogP) is 1.52. The van der Waals surface area contributed by atoms with Gasteiger partial charge in [0.1, 0.15) is 22.7 Å². The molecule has 3 rings (SSSR count). The highest BCUT2D eigenvalue weighted by Crippen LogP contribution is 2.46. The van der Waals surface area contributed by atoms with Crippen molar-refractivity contribution in [3.8, 4) is 0 Å². The van der Waals surface area contributed by atoms with Crippen LogP contribution in [0.4, 0.5) is 14.5 Å². The fourth-order valence-corrected chi connectivity index (χ4v) is 2.86. The molecule has 1 aliphatic carbocycles. The van der Waals surface area contributed by atoms with Crippen LogP contribution >= 0.6 is 0 Å². The fourth-order valence-electron chi connectivity index (χ4n) is 2.86. The quantitative estimate of drug-likeness (QED) is 0.828. The molecule has 118 valence electrons. The molecule has 2 N–H and O–H groups in total. The maximum Gasteiger partial charge on any atom is 0.319 e. The highest BCUT2D eigenvalue weighted by molar-refractivity contribution is 6.04. The molecule has 1 heterocycles. The number of nitrogens with zero attached hydrogens (tertiary/aromatic N) is 1. The fraction of sp³-hybridized carbons (Fsp3) is 0.467. The Morgan fingerprint density at radius 3 is 2.45 bits per heavy atom. The molecule has 1 saturated carbocycles. The number of carboxylic acid groups (broad SMARTS) is 1. The van der Waals surface area contributed by atoms with Crippen molar-refractivity contribution in [2.75, 3.05) is 18.0 Å². The zero-order chi connectivity index (χ0) is 15.9. The van der Waals surface area contributed by atoms with Crippen LogP contribution in [0, 0.1) is 17.0 Å². The van der Waals surface area contributed by atoms with Crippen LogP contribution < -0.4 is 10.2 Å². The maximum atomic E-state index is 13.8. The number of aliphatic carboxylic acids is 1. The number of rotatable bonds is 4. The molecule has 0 bridgehead atoms. The van der Waals surface area contributed by atoms with Gasteiger partial charge in [-0.15, -0.1) is 0 Å². The van der Waals surface area contributed by atoms with E-state index in [1.54, 1.807) is 0 Å². The highest BCUT2D eigenvalue weighted by Gasteiger charge is 2.57. The Kier molecular flexibility index (Phi) is 3.50. The van der Waals surface area contributed by atoms with Crippen LogP contribution in [0.5, 0.6) is 0 Å². The number of carbonyl (C=O) groups is 2. The van der Waals surface area contributed by atoms with E-state index in [4.69, 9.17) is 5.11 Å². The van der Waals surface area contributed by atoms with E-state index < -0.39 is 28.9 Å². The lowest BCUT2D eigenvalue weighted by atomic mass is 10.1. The number of hydrogen-bond donors (Lipinski definition) is 2. The smallest absolute Gasteiger partial charge is 0.319 e. The topological polar surface area (TPSA) is 69.6 Å². The van der Waals surface area contributed by atoms with Crippen molar-refractivity contribution in [3.05, 3.63) is 29.8 Å². The second kappa shape index (κ2) is 5.23. The molecule has 1 aromatic rings. The molecule has 0 spiro atoms. The lowest BCUT2D eigenvalue weighted by Crippen LogP contribution is -2.44. The number of hydrogen-bond acceptors (Lipinski definition) is 3. The minimum atomic E-state index is -1.29. The van der Waals surface area contributed by atoms with Crippen LogP contribution in [0.3, 0.4) is 0 Å². The van der Waals surface area contributed by atoms with Gasteiger partial charge in [-0.05, 0) is 31.4 Å². The Balaban J connectivity index is 1.66. The lowest BCUT2D eigenvalue weighted by Gasteiger charge is -2.21. The van der Waals surface area contributed by atoms with Gasteiger partial charge in [0.15, 0.2) is 0 Å². The van der Waals surface area contributed by atoms with Crippen molar-refractivity contribution >= 4 is 17.6 Å². The normalized spacial score (nSPS) is 22.5. The molecule has 2 fully saturated rings. The van der Waals surface area contributed by atoms with E-state index in [2.05, 4.69) is 5.32 Å². The van der Waals surface area contributed by atoms with E-state index >= 15 is 0 Å². The van der Waals surface area contributed by atoms with Gasteiger partial charge >= 0.3 is 5.97 Å². The van der Waals surface area contributed by atoms with Gasteiger partial charge in [0.2, 0.25) is 5.91 Å². The van der Waals surface area contributed by atoms with E-state index in [1.165, 1.54) is 23.1 Å². The van der Waals surface area contributed by atoms with E-state index in [0.29, 0.717) is 25.8 Å². The summed E-state index contributed by atoms with van der Waals surface area (Å²) in [4.78, 5) is 24.7. The Bertz CT molecular complexity index is 611. The van der Waals surface area contributed by atoms with Crippen LogP contribution in [0.1, 0.15) is 19.3 Å². The monoisotopic (exact) mass is 310 g/mol. The third-order valence-electron chi connectivity index (χ3n) is 4.37. The summed E-state index contributed by atoms with van der Waals surface area (Å²) in [5.41, 5.74) is -1.39. The van der Waals surface area contributed by atoms with Crippen LogP contribution in [-0.2, 0) is 9.59 Å². The summed E-state index contributed by atoms with van der Waals surface area (Å²) in [5, 5.41) is 11.8. The molecular weight excluding hydrogens is 294 g/mol. The van der Waals surface area contributed by atoms with Gasteiger partial charge in [-0.25, -0.2) is 8.78 Å². The van der Waals surface area contributed by atoms with Crippen molar-refractivity contribution < 1.29 is 23.5 Å². The minimum absolute atomic E-state index is 0.0985. The third-order valence-corrected chi connectivity index (χ3v) is 4.37. The second-order valence-electron chi connectivity index (χ2n) is 5.86. The molecule has 2 aliphatic rings. The van der Waals surface area contributed by atoms with Crippen molar-refractivity contribution in [1.82, 2.24) is 5.32 Å². The molecule has 1 amide bonds. The number of anilines is 1. The summed E-state index contributed by atoms with van der Waals surface area (Å²) in [5.74, 6) is -2.90. The number of amides is 1. The summed E-state index contributed by atoms with van der Waals surface area (Å²) in [6.07, 6.45) is 1.20. The van der Waals surface area contributed by atoms with Crippen molar-refractivity contribution in [2.24, 2.45) is 5.41 Å². The highest BCUT2D eigenvalue weighted by atomic mass is 19.1. The largest absolute Gasteiger partial charge is 0.480 e. The van der Waals surface area contributed by atoms with Crippen LogP contribution in [0.2, 0.25) is 0 Å².